The SMILES string of the molecule is CCCN(C)C=Nc1cc(OC)c(O)cc1C. The molecule has 0 bridgehead atoms. The Morgan fingerprint density at radius 3 is 2.76 bits per heavy atom. The van der Waals surface area contributed by atoms with Crippen molar-refractivity contribution in [1.82, 2.24) is 4.90 Å². The predicted octanol–water partition coefficient (Wildman–Crippen LogP) is 2.71. The average molecular weight is 236 g/mol. The lowest BCUT2D eigenvalue weighted by Gasteiger charge is -2.11. The fraction of sp³-hybridized carbons (Fsp3) is 0.462. The van der Waals surface area contributed by atoms with Crippen molar-refractivity contribution in [3.63, 3.8) is 0 Å². The number of methoxy groups -OCH3 is 1. The maximum Gasteiger partial charge on any atom is 0.162 e. The van der Waals surface area contributed by atoms with Crippen LogP contribution in [0.1, 0.15) is 18.9 Å². The highest BCUT2D eigenvalue weighted by molar-refractivity contribution is 5.65. The Morgan fingerprint density at radius 2 is 2.18 bits per heavy atom. The van der Waals surface area contributed by atoms with Crippen LogP contribution in [-0.2, 0) is 0 Å². The lowest BCUT2D eigenvalue weighted by atomic mass is 10.2. The van der Waals surface area contributed by atoms with E-state index >= 15 is 0 Å². The Kier molecular flexibility index (Phi) is 4.82. The molecule has 94 valence electrons. The summed E-state index contributed by atoms with van der Waals surface area (Å²) < 4.78 is 5.06. The van der Waals surface area contributed by atoms with Crippen LogP contribution < -0.4 is 4.74 Å². The number of hydrogen-bond donors (Lipinski definition) is 1. The molecule has 17 heavy (non-hydrogen) atoms. The molecule has 0 atom stereocenters. The Balaban J connectivity index is 2.90. The zero-order valence-corrected chi connectivity index (χ0v) is 10.9. The van der Waals surface area contributed by atoms with Crippen molar-refractivity contribution in [2.24, 2.45) is 4.99 Å². The van der Waals surface area contributed by atoms with Gasteiger partial charge in [0.15, 0.2) is 11.5 Å². The second-order valence-corrected chi connectivity index (χ2v) is 4.04. The van der Waals surface area contributed by atoms with Crippen LogP contribution in [0.5, 0.6) is 11.5 Å². The number of phenols is 1. The highest BCUT2D eigenvalue weighted by atomic mass is 16.5. The molecule has 1 rings (SSSR count). The molecule has 0 saturated carbocycles. The number of benzene rings is 1. The third-order valence-electron chi connectivity index (χ3n) is 2.47. The van der Waals surface area contributed by atoms with Gasteiger partial charge in [-0.05, 0) is 25.0 Å². The Labute approximate surface area is 103 Å². The molecular weight excluding hydrogens is 216 g/mol. The number of aliphatic imine (C=N–C) groups is 1. The van der Waals surface area contributed by atoms with Crippen LogP contribution >= 0.6 is 0 Å². The van der Waals surface area contributed by atoms with Crippen molar-refractivity contribution in [1.29, 1.82) is 0 Å². The van der Waals surface area contributed by atoms with Gasteiger partial charge < -0.3 is 14.7 Å². The molecule has 1 aromatic carbocycles. The number of phenolic OH excluding ortho intramolecular Hbond substituents is 1. The molecule has 0 fully saturated rings. The molecule has 0 amide bonds. The lowest BCUT2D eigenvalue weighted by Crippen LogP contribution is -2.16. The van der Waals surface area contributed by atoms with Crippen molar-refractivity contribution in [2.75, 3.05) is 20.7 Å². The highest BCUT2D eigenvalue weighted by Crippen LogP contribution is 2.33. The fourth-order valence-electron chi connectivity index (χ4n) is 1.54. The van der Waals surface area contributed by atoms with Crippen molar-refractivity contribution in [3.05, 3.63) is 17.7 Å². The molecule has 1 aromatic rings. The Hall–Kier alpha value is -1.71. The third kappa shape index (κ3) is 3.66. The number of ether oxygens (including phenoxy) is 1. The minimum atomic E-state index is 0.144. The van der Waals surface area contributed by atoms with E-state index in [0.29, 0.717) is 5.75 Å². The molecule has 1 N–H and O–H groups in total. The molecule has 0 aliphatic rings. The first-order valence-electron chi connectivity index (χ1n) is 5.70. The van der Waals surface area contributed by atoms with E-state index in [2.05, 4.69) is 11.9 Å². The van der Waals surface area contributed by atoms with Gasteiger partial charge in [0.25, 0.3) is 0 Å². The van der Waals surface area contributed by atoms with E-state index in [9.17, 15) is 5.11 Å². The summed E-state index contributed by atoms with van der Waals surface area (Å²) in [5.41, 5.74) is 1.73. The van der Waals surface area contributed by atoms with Gasteiger partial charge >= 0.3 is 0 Å². The summed E-state index contributed by atoms with van der Waals surface area (Å²) in [7, 11) is 3.51. The monoisotopic (exact) mass is 236 g/mol. The van der Waals surface area contributed by atoms with Crippen molar-refractivity contribution < 1.29 is 9.84 Å². The average Bonchev–Trinajstić information content (AvgIpc) is 2.28. The summed E-state index contributed by atoms with van der Waals surface area (Å²) in [6, 6.07) is 3.40. The normalized spacial score (nSPS) is 10.8. The second kappa shape index (κ2) is 6.13. The van der Waals surface area contributed by atoms with E-state index in [0.717, 1.165) is 24.2 Å². The van der Waals surface area contributed by atoms with Crippen LogP contribution in [0.4, 0.5) is 5.69 Å². The largest absolute Gasteiger partial charge is 0.504 e. The molecule has 0 spiro atoms. The molecule has 4 nitrogen and oxygen atoms in total. The summed E-state index contributed by atoms with van der Waals surface area (Å²) in [6.45, 7) is 5.00. The maximum atomic E-state index is 9.59. The van der Waals surface area contributed by atoms with Crippen LogP contribution in [0.3, 0.4) is 0 Å². The van der Waals surface area contributed by atoms with Gasteiger partial charge in [-0.15, -0.1) is 0 Å². The summed E-state index contributed by atoms with van der Waals surface area (Å²) in [5.74, 6) is 0.590. The Morgan fingerprint density at radius 1 is 1.47 bits per heavy atom. The summed E-state index contributed by atoms with van der Waals surface area (Å²) >= 11 is 0. The number of hydrogen-bond acceptors (Lipinski definition) is 3. The first-order chi connectivity index (χ1) is 8.08. The number of rotatable bonds is 5. The van der Waals surface area contributed by atoms with E-state index in [1.54, 1.807) is 18.5 Å². The molecular formula is C13H20N2O2. The number of aryl methyl sites for hydroxylation is 1. The van der Waals surface area contributed by atoms with Gasteiger partial charge in [-0.1, -0.05) is 6.92 Å². The standard InChI is InChI=1S/C13H20N2O2/c1-5-6-15(3)9-14-11-8-13(17-4)12(16)7-10(11)2/h7-9,16H,5-6H2,1-4H3. The van der Waals surface area contributed by atoms with Crippen molar-refractivity contribution >= 4 is 12.0 Å². The van der Waals surface area contributed by atoms with Gasteiger partial charge in [-0.3, -0.25) is 0 Å². The van der Waals surface area contributed by atoms with Gasteiger partial charge in [0.1, 0.15) is 0 Å². The molecule has 0 saturated heterocycles. The van der Waals surface area contributed by atoms with E-state index in [1.165, 1.54) is 7.11 Å². The van der Waals surface area contributed by atoms with E-state index in [-0.39, 0.29) is 5.75 Å². The highest BCUT2D eigenvalue weighted by Gasteiger charge is 2.05. The quantitative estimate of drug-likeness (QED) is 0.631. The molecule has 0 radical (unpaired) electrons. The van der Waals surface area contributed by atoms with Crippen molar-refractivity contribution in [2.45, 2.75) is 20.3 Å². The van der Waals surface area contributed by atoms with Crippen LogP contribution in [0.25, 0.3) is 0 Å². The zero-order valence-electron chi connectivity index (χ0n) is 10.9. The first kappa shape index (κ1) is 13.4. The molecule has 0 aromatic heterocycles. The molecule has 0 unspecified atom stereocenters. The van der Waals surface area contributed by atoms with Crippen LogP contribution in [0, 0.1) is 6.92 Å². The summed E-state index contributed by atoms with van der Waals surface area (Å²) in [4.78, 5) is 6.41. The minimum absolute atomic E-state index is 0.144. The van der Waals surface area contributed by atoms with Gasteiger partial charge in [-0.25, -0.2) is 4.99 Å². The summed E-state index contributed by atoms with van der Waals surface area (Å²) in [5, 5.41) is 9.59. The minimum Gasteiger partial charge on any atom is -0.504 e. The van der Waals surface area contributed by atoms with Gasteiger partial charge in [0, 0.05) is 19.7 Å². The topological polar surface area (TPSA) is 45.1 Å². The van der Waals surface area contributed by atoms with Crippen molar-refractivity contribution in [3.8, 4) is 11.5 Å². The fourth-order valence-corrected chi connectivity index (χ4v) is 1.54. The van der Waals surface area contributed by atoms with Gasteiger partial charge in [-0.2, -0.15) is 0 Å². The van der Waals surface area contributed by atoms with E-state index in [4.69, 9.17) is 4.74 Å². The molecule has 0 heterocycles. The number of aromatic hydroxyl groups is 1. The molecule has 0 aliphatic heterocycles. The summed E-state index contributed by atoms with van der Waals surface area (Å²) in [6.07, 6.45) is 2.88. The number of nitrogens with zero attached hydrogens (tertiary/aromatic N) is 2. The maximum absolute atomic E-state index is 9.59. The second-order valence-electron chi connectivity index (χ2n) is 4.04. The van der Waals surface area contributed by atoms with Crippen LogP contribution in [-0.4, -0.2) is 37.0 Å². The van der Waals surface area contributed by atoms with Gasteiger partial charge in [0.2, 0.25) is 0 Å². The molecule has 0 aliphatic carbocycles. The van der Waals surface area contributed by atoms with Crippen LogP contribution in [0.15, 0.2) is 17.1 Å². The van der Waals surface area contributed by atoms with Crippen LogP contribution in [0.2, 0.25) is 0 Å². The zero-order chi connectivity index (χ0) is 12.8. The van der Waals surface area contributed by atoms with Gasteiger partial charge in [0.05, 0.1) is 19.1 Å². The smallest absolute Gasteiger partial charge is 0.162 e. The molecule has 4 heteroatoms. The first-order valence-corrected chi connectivity index (χ1v) is 5.70. The van der Waals surface area contributed by atoms with E-state index in [1.807, 2.05) is 18.9 Å². The van der Waals surface area contributed by atoms with E-state index < -0.39 is 0 Å². The lowest BCUT2D eigenvalue weighted by molar-refractivity contribution is 0.373. The Bertz CT molecular complexity index is 403. The third-order valence-corrected chi connectivity index (χ3v) is 2.47. The predicted molar refractivity (Wildman–Crippen MR) is 70.5 cm³/mol.